The predicted octanol–water partition coefficient (Wildman–Crippen LogP) is 1.40. The third-order valence-electron chi connectivity index (χ3n) is 2.19. The molecule has 0 unspecified atom stereocenters. The van der Waals surface area contributed by atoms with Gasteiger partial charge in [0, 0.05) is 0 Å². The van der Waals surface area contributed by atoms with Crippen LogP contribution >= 0.6 is 11.6 Å². The zero-order valence-corrected chi connectivity index (χ0v) is 11.6. The zero-order valence-electron chi connectivity index (χ0n) is 10.8. The van der Waals surface area contributed by atoms with Crippen LogP contribution in [-0.4, -0.2) is 31.1 Å². The highest BCUT2D eigenvalue weighted by molar-refractivity contribution is 6.28. The summed E-state index contributed by atoms with van der Waals surface area (Å²) < 4.78 is 6.77. The molecule has 0 radical (unpaired) electrons. The quantitative estimate of drug-likeness (QED) is 0.661. The van der Waals surface area contributed by atoms with Gasteiger partial charge in [0.2, 0.25) is 5.28 Å². The Bertz CT molecular complexity index is 632. The molecular weight excluding hydrogens is 270 g/mol. The van der Waals surface area contributed by atoms with Gasteiger partial charge in [0.1, 0.15) is 17.7 Å². The molecule has 8 heteroatoms. The van der Waals surface area contributed by atoms with Crippen LogP contribution in [0.25, 0.3) is 11.2 Å². The summed E-state index contributed by atoms with van der Waals surface area (Å²) >= 11 is 5.68. The lowest BCUT2D eigenvalue weighted by atomic mass is 10.2. The van der Waals surface area contributed by atoms with Gasteiger partial charge in [-0.25, -0.2) is 4.98 Å². The standard InChI is InChI=1S/C11H14ClN5O2/c1-11(2,3)19-6(18)4-17-5-14-9-7(17)8(13)15-10(12)16-9/h5H,4H2,1-3H3,(H2,13,15,16). The molecule has 0 atom stereocenters. The summed E-state index contributed by atoms with van der Waals surface area (Å²) in [5.74, 6) is -0.211. The molecule has 2 N–H and O–H groups in total. The highest BCUT2D eigenvalue weighted by Gasteiger charge is 2.18. The fourth-order valence-corrected chi connectivity index (χ4v) is 1.78. The van der Waals surface area contributed by atoms with Crippen molar-refractivity contribution in [2.45, 2.75) is 32.9 Å². The molecule has 0 saturated carbocycles. The van der Waals surface area contributed by atoms with E-state index in [9.17, 15) is 4.79 Å². The van der Waals surface area contributed by atoms with Crippen LogP contribution in [-0.2, 0) is 16.1 Å². The Balaban J connectivity index is 2.29. The first kappa shape index (κ1) is 13.5. The lowest BCUT2D eigenvalue weighted by molar-refractivity contribution is -0.155. The van der Waals surface area contributed by atoms with Crippen molar-refractivity contribution >= 4 is 34.6 Å². The molecule has 0 aliphatic carbocycles. The second-order valence-electron chi connectivity index (χ2n) is 5.01. The maximum atomic E-state index is 11.8. The molecule has 0 spiro atoms. The molecule has 0 aliphatic rings. The van der Waals surface area contributed by atoms with Crippen molar-refractivity contribution in [1.29, 1.82) is 0 Å². The monoisotopic (exact) mass is 283 g/mol. The summed E-state index contributed by atoms with van der Waals surface area (Å²) in [6.45, 7) is 5.39. The van der Waals surface area contributed by atoms with E-state index in [2.05, 4.69) is 15.0 Å². The number of aromatic nitrogens is 4. The molecule has 2 aromatic rings. The van der Waals surface area contributed by atoms with Crippen LogP contribution in [0, 0.1) is 0 Å². The lowest BCUT2D eigenvalue weighted by Gasteiger charge is -2.19. The van der Waals surface area contributed by atoms with Crippen LogP contribution in [0.2, 0.25) is 5.28 Å². The Morgan fingerprint density at radius 3 is 2.79 bits per heavy atom. The maximum Gasteiger partial charge on any atom is 0.326 e. The zero-order chi connectivity index (χ0) is 14.2. The number of nitrogen functional groups attached to an aromatic ring is 1. The molecule has 0 bridgehead atoms. The molecule has 2 aromatic heterocycles. The highest BCUT2D eigenvalue weighted by atomic mass is 35.5. The SMILES string of the molecule is CC(C)(C)OC(=O)Cn1cnc2nc(Cl)nc(N)c21. The molecular formula is C11H14ClN5O2. The van der Waals surface area contributed by atoms with E-state index < -0.39 is 5.60 Å². The van der Waals surface area contributed by atoms with Gasteiger partial charge in [0.15, 0.2) is 11.5 Å². The van der Waals surface area contributed by atoms with Crippen LogP contribution in [0.3, 0.4) is 0 Å². The van der Waals surface area contributed by atoms with E-state index in [-0.39, 0.29) is 23.6 Å². The van der Waals surface area contributed by atoms with Crippen LogP contribution in [0.15, 0.2) is 6.33 Å². The van der Waals surface area contributed by atoms with Crippen molar-refractivity contribution in [2.75, 3.05) is 5.73 Å². The van der Waals surface area contributed by atoms with Gasteiger partial charge in [-0.2, -0.15) is 9.97 Å². The number of esters is 1. The smallest absolute Gasteiger partial charge is 0.326 e. The minimum atomic E-state index is -0.543. The maximum absolute atomic E-state index is 11.8. The molecule has 0 aromatic carbocycles. The van der Waals surface area contributed by atoms with Gasteiger partial charge in [0.05, 0.1) is 6.33 Å². The lowest BCUT2D eigenvalue weighted by Crippen LogP contribution is -2.26. The number of imidazole rings is 1. The second kappa shape index (κ2) is 4.65. The summed E-state index contributed by atoms with van der Waals surface area (Å²) in [6, 6.07) is 0. The third-order valence-corrected chi connectivity index (χ3v) is 2.36. The van der Waals surface area contributed by atoms with Crippen molar-refractivity contribution in [1.82, 2.24) is 19.5 Å². The number of hydrogen-bond donors (Lipinski definition) is 1. The Hall–Kier alpha value is -1.89. The third kappa shape index (κ3) is 3.11. The average Bonchev–Trinajstić information content (AvgIpc) is 2.57. The summed E-state index contributed by atoms with van der Waals surface area (Å²) in [5, 5.41) is 0.0209. The van der Waals surface area contributed by atoms with E-state index in [1.807, 2.05) is 0 Å². The van der Waals surface area contributed by atoms with Gasteiger partial charge < -0.3 is 15.0 Å². The van der Waals surface area contributed by atoms with Gasteiger partial charge in [-0.15, -0.1) is 0 Å². The van der Waals surface area contributed by atoms with Gasteiger partial charge in [0.25, 0.3) is 0 Å². The molecule has 0 fully saturated rings. The van der Waals surface area contributed by atoms with Crippen LogP contribution < -0.4 is 5.73 Å². The number of anilines is 1. The summed E-state index contributed by atoms with van der Waals surface area (Å²) in [4.78, 5) is 23.6. The molecule has 2 heterocycles. The molecule has 102 valence electrons. The van der Waals surface area contributed by atoms with Gasteiger partial charge in [-0.3, -0.25) is 4.79 Å². The first-order chi connectivity index (χ1) is 8.76. The van der Waals surface area contributed by atoms with E-state index in [4.69, 9.17) is 22.1 Å². The topological polar surface area (TPSA) is 95.9 Å². The van der Waals surface area contributed by atoms with Gasteiger partial charge in [-0.1, -0.05) is 0 Å². The minimum Gasteiger partial charge on any atom is -0.459 e. The summed E-state index contributed by atoms with van der Waals surface area (Å²) in [7, 11) is 0. The highest BCUT2D eigenvalue weighted by Crippen LogP contribution is 2.19. The van der Waals surface area contributed by atoms with Crippen LogP contribution in [0.1, 0.15) is 20.8 Å². The largest absolute Gasteiger partial charge is 0.459 e. The molecule has 19 heavy (non-hydrogen) atoms. The molecule has 0 aliphatic heterocycles. The number of fused-ring (bicyclic) bond motifs is 1. The van der Waals surface area contributed by atoms with Gasteiger partial charge >= 0.3 is 5.97 Å². The Morgan fingerprint density at radius 2 is 2.16 bits per heavy atom. The normalized spacial score (nSPS) is 11.8. The first-order valence-corrected chi connectivity index (χ1v) is 6.00. The number of ether oxygens (including phenoxy) is 1. The van der Waals surface area contributed by atoms with Crippen LogP contribution in [0.4, 0.5) is 5.82 Å². The van der Waals surface area contributed by atoms with E-state index in [1.165, 1.54) is 10.9 Å². The Labute approximate surface area is 114 Å². The Kier molecular flexibility index (Phi) is 3.32. The predicted molar refractivity (Wildman–Crippen MR) is 70.6 cm³/mol. The molecule has 0 saturated heterocycles. The summed E-state index contributed by atoms with van der Waals surface area (Å²) in [6.07, 6.45) is 1.45. The van der Waals surface area contributed by atoms with E-state index in [0.717, 1.165) is 0 Å². The van der Waals surface area contributed by atoms with E-state index >= 15 is 0 Å². The number of hydrogen-bond acceptors (Lipinski definition) is 6. The van der Waals surface area contributed by atoms with Crippen molar-refractivity contribution in [3.05, 3.63) is 11.6 Å². The first-order valence-electron chi connectivity index (χ1n) is 5.62. The Morgan fingerprint density at radius 1 is 1.47 bits per heavy atom. The van der Waals surface area contributed by atoms with E-state index in [1.54, 1.807) is 20.8 Å². The van der Waals surface area contributed by atoms with Crippen molar-refractivity contribution in [3.8, 4) is 0 Å². The average molecular weight is 284 g/mol. The number of carbonyl (C=O) groups excluding carboxylic acids is 1. The fraction of sp³-hybridized carbons (Fsp3) is 0.455. The van der Waals surface area contributed by atoms with Crippen molar-refractivity contribution < 1.29 is 9.53 Å². The van der Waals surface area contributed by atoms with Crippen molar-refractivity contribution in [3.63, 3.8) is 0 Å². The van der Waals surface area contributed by atoms with Crippen LogP contribution in [0.5, 0.6) is 0 Å². The number of halogens is 1. The van der Waals surface area contributed by atoms with Gasteiger partial charge in [-0.05, 0) is 32.4 Å². The fourth-order valence-electron chi connectivity index (χ4n) is 1.61. The number of nitrogens with zero attached hydrogens (tertiary/aromatic N) is 4. The van der Waals surface area contributed by atoms with E-state index in [0.29, 0.717) is 11.2 Å². The molecule has 7 nitrogen and oxygen atoms in total. The van der Waals surface area contributed by atoms with Crippen molar-refractivity contribution in [2.24, 2.45) is 0 Å². The number of nitrogens with two attached hydrogens (primary N) is 1. The summed E-state index contributed by atoms with van der Waals surface area (Å²) in [5.41, 5.74) is 6.03. The minimum absolute atomic E-state index is 0.0110. The molecule has 0 amide bonds. The second-order valence-corrected chi connectivity index (χ2v) is 5.35. The number of carbonyl (C=O) groups is 1. The molecule has 2 rings (SSSR count). The number of rotatable bonds is 2.